The molecule has 0 aliphatic rings. The largest absolute Gasteiger partial charge is 0.481 e. The van der Waals surface area contributed by atoms with Gasteiger partial charge in [-0.25, -0.2) is 0 Å². The molecular weight excluding hydrogens is 288 g/mol. The third kappa shape index (κ3) is 26.9. The highest BCUT2D eigenvalue weighted by Gasteiger charge is 1.98. The highest BCUT2D eigenvalue weighted by molar-refractivity contribution is 5.67. The first-order valence-corrected chi connectivity index (χ1v) is 8.05. The van der Waals surface area contributed by atoms with Gasteiger partial charge >= 0.3 is 17.9 Å². The van der Waals surface area contributed by atoms with Crippen molar-refractivity contribution in [2.75, 3.05) is 0 Å². The molecule has 0 spiro atoms. The van der Waals surface area contributed by atoms with Crippen molar-refractivity contribution in [3.8, 4) is 0 Å². The molecule has 0 heterocycles. The molecule has 0 aliphatic heterocycles. The average molecular weight is 318 g/mol. The van der Waals surface area contributed by atoms with E-state index in [9.17, 15) is 14.4 Å². The maximum Gasteiger partial charge on any atom is 0.303 e. The van der Waals surface area contributed by atoms with Gasteiger partial charge in [-0.05, 0) is 19.3 Å². The first-order valence-electron chi connectivity index (χ1n) is 8.05. The van der Waals surface area contributed by atoms with E-state index in [1.54, 1.807) is 0 Å². The summed E-state index contributed by atoms with van der Waals surface area (Å²) >= 11 is 0. The molecule has 0 saturated heterocycles. The van der Waals surface area contributed by atoms with Gasteiger partial charge in [-0.1, -0.05) is 45.4 Å². The van der Waals surface area contributed by atoms with E-state index in [4.69, 9.17) is 15.3 Å². The van der Waals surface area contributed by atoms with Gasteiger partial charge in [0, 0.05) is 19.3 Å². The van der Waals surface area contributed by atoms with Crippen molar-refractivity contribution >= 4 is 17.9 Å². The van der Waals surface area contributed by atoms with Crippen molar-refractivity contribution in [3.63, 3.8) is 0 Å². The minimum absolute atomic E-state index is 0.188. The molecule has 0 amide bonds. The lowest BCUT2D eigenvalue weighted by molar-refractivity contribution is -0.138. The van der Waals surface area contributed by atoms with Crippen LogP contribution in [0.2, 0.25) is 0 Å². The summed E-state index contributed by atoms with van der Waals surface area (Å²) in [5, 5.41) is 24.8. The third-order valence-electron chi connectivity index (χ3n) is 3.03. The van der Waals surface area contributed by atoms with Crippen LogP contribution in [0.3, 0.4) is 0 Å². The Hall–Kier alpha value is -1.59. The number of carboxylic acid groups (broad SMARTS) is 3. The van der Waals surface area contributed by atoms with Crippen molar-refractivity contribution in [2.45, 2.75) is 84.0 Å². The minimum atomic E-state index is -0.784. The van der Waals surface area contributed by atoms with Crippen molar-refractivity contribution in [3.05, 3.63) is 0 Å². The Morgan fingerprint density at radius 3 is 1.05 bits per heavy atom. The Kier molecular flexibility index (Phi) is 18.0. The van der Waals surface area contributed by atoms with Gasteiger partial charge in [-0.3, -0.25) is 14.4 Å². The highest BCUT2D eigenvalue weighted by atomic mass is 16.4. The molecule has 0 aromatic carbocycles. The Morgan fingerprint density at radius 2 is 0.818 bits per heavy atom. The number of carboxylic acids is 3. The smallest absolute Gasteiger partial charge is 0.303 e. The molecule has 0 aliphatic carbocycles. The molecule has 0 bridgehead atoms. The summed E-state index contributed by atoms with van der Waals surface area (Å²) < 4.78 is 0. The summed E-state index contributed by atoms with van der Waals surface area (Å²) in [7, 11) is 0. The molecule has 0 radical (unpaired) electrons. The number of rotatable bonds is 13. The summed E-state index contributed by atoms with van der Waals surface area (Å²) in [4.78, 5) is 30.1. The summed E-state index contributed by atoms with van der Waals surface area (Å²) in [6.45, 7) is 2.15. The van der Waals surface area contributed by atoms with Crippen LogP contribution < -0.4 is 0 Å². The summed E-state index contributed by atoms with van der Waals surface area (Å²) in [5.74, 6) is -2.24. The van der Waals surface area contributed by atoms with Crippen molar-refractivity contribution in [1.29, 1.82) is 0 Å². The van der Waals surface area contributed by atoms with E-state index in [-0.39, 0.29) is 12.8 Å². The van der Waals surface area contributed by atoms with Gasteiger partial charge in [-0.2, -0.15) is 0 Å². The zero-order valence-electron chi connectivity index (χ0n) is 13.6. The maximum atomic E-state index is 10.0. The topological polar surface area (TPSA) is 112 Å². The summed E-state index contributed by atoms with van der Waals surface area (Å²) in [5.41, 5.74) is 0. The van der Waals surface area contributed by atoms with E-state index in [0.717, 1.165) is 25.7 Å². The number of hydrogen-bond donors (Lipinski definition) is 3. The number of unbranched alkanes of at least 4 members (excludes halogenated alkanes) is 7. The van der Waals surface area contributed by atoms with Crippen LogP contribution in [0, 0.1) is 0 Å². The predicted octanol–water partition coefficient (Wildman–Crippen LogP) is 3.93. The first kappa shape index (κ1) is 22.7. The van der Waals surface area contributed by atoms with Gasteiger partial charge in [0.15, 0.2) is 0 Å². The van der Waals surface area contributed by atoms with Crippen LogP contribution in [0.25, 0.3) is 0 Å². The standard InChI is InChI=1S/C8H14O4.C8H16O2/c9-7(10)5-3-1-2-4-6-8(11)12;1-2-3-4-5-6-7-8(9)10/h1-6H2,(H,9,10)(H,11,12);2-7H2,1H3,(H,9,10). The molecule has 130 valence electrons. The van der Waals surface area contributed by atoms with E-state index >= 15 is 0 Å². The second-order valence-corrected chi connectivity index (χ2v) is 5.26. The second-order valence-electron chi connectivity index (χ2n) is 5.26. The Labute approximate surface area is 132 Å². The zero-order valence-corrected chi connectivity index (χ0v) is 13.6. The molecule has 0 rings (SSSR count). The molecule has 22 heavy (non-hydrogen) atoms. The van der Waals surface area contributed by atoms with Crippen LogP contribution in [0.5, 0.6) is 0 Å². The highest BCUT2D eigenvalue weighted by Crippen LogP contribution is 2.05. The van der Waals surface area contributed by atoms with Gasteiger partial charge in [0.05, 0.1) is 0 Å². The molecule has 3 N–H and O–H groups in total. The van der Waals surface area contributed by atoms with Crippen LogP contribution in [-0.4, -0.2) is 33.2 Å². The first-order chi connectivity index (χ1) is 10.4. The SMILES string of the molecule is CCCCCCCC(=O)O.O=C(O)CCCCCCC(=O)O. The van der Waals surface area contributed by atoms with Gasteiger partial charge in [0.2, 0.25) is 0 Å². The van der Waals surface area contributed by atoms with E-state index in [0.29, 0.717) is 19.3 Å². The van der Waals surface area contributed by atoms with Crippen molar-refractivity contribution < 1.29 is 29.7 Å². The van der Waals surface area contributed by atoms with Gasteiger partial charge in [0.25, 0.3) is 0 Å². The van der Waals surface area contributed by atoms with Crippen molar-refractivity contribution in [1.82, 2.24) is 0 Å². The number of hydrogen-bond acceptors (Lipinski definition) is 3. The lowest BCUT2D eigenvalue weighted by Crippen LogP contribution is -1.95. The summed E-state index contributed by atoms with van der Waals surface area (Å²) in [6.07, 6.45) is 9.17. The number of carbonyl (C=O) groups is 3. The molecule has 0 atom stereocenters. The van der Waals surface area contributed by atoms with Crippen LogP contribution in [-0.2, 0) is 14.4 Å². The van der Waals surface area contributed by atoms with Crippen molar-refractivity contribution in [2.24, 2.45) is 0 Å². The fourth-order valence-corrected chi connectivity index (χ4v) is 1.79. The van der Waals surface area contributed by atoms with E-state index < -0.39 is 17.9 Å². The van der Waals surface area contributed by atoms with E-state index in [1.807, 2.05) is 0 Å². The molecule has 0 aromatic heterocycles. The molecular formula is C16H30O6. The lowest BCUT2D eigenvalue weighted by Gasteiger charge is -1.96. The monoisotopic (exact) mass is 318 g/mol. The fourth-order valence-electron chi connectivity index (χ4n) is 1.79. The third-order valence-corrected chi connectivity index (χ3v) is 3.03. The van der Waals surface area contributed by atoms with Crippen LogP contribution in [0.1, 0.15) is 84.0 Å². The average Bonchev–Trinajstić information content (AvgIpc) is 2.42. The molecule has 0 fully saturated rings. The Morgan fingerprint density at radius 1 is 0.545 bits per heavy atom. The number of aliphatic carboxylic acids is 3. The van der Waals surface area contributed by atoms with Gasteiger partial charge in [-0.15, -0.1) is 0 Å². The van der Waals surface area contributed by atoms with Gasteiger partial charge < -0.3 is 15.3 Å². The maximum absolute atomic E-state index is 10.0. The normalized spacial score (nSPS) is 9.68. The Balaban J connectivity index is 0. The molecule has 6 heteroatoms. The van der Waals surface area contributed by atoms with Crippen LogP contribution in [0.15, 0.2) is 0 Å². The van der Waals surface area contributed by atoms with E-state index in [2.05, 4.69) is 6.92 Å². The second kappa shape index (κ2) is 17.5. The zero-order chi connectivity index (χ0) is 17.2. The van der Waals surface area contributed by atoms with E-state index in [1.165, 1.54) is 19.3 Å². The lowest BCUT2D eigenvalue weighted by atomic mass is 10.1. The Bertz CT molecular complexity index is 283. The molecule has 0 unspecified atom stereocenters. The quantitative estimate of drug-likeness (QED) is 0.444. The van der Waals surface area contributed by atoms with Crippen LogP contribution >= 0.6 is 0 Å². The minimum Gasteiger partial charge on any atom is -0.481 e. The molecule has 0 saturated carbocycles. The molecule has 0 aromatic rings. The fraction of sp³-hybridized carbons (Fsp3) is 0.812. The predicted molar refractivity (Wildman–Crippen MR) is 84.0 cm³/mol. The van der Waals surface area contributed by atoms with Crippen LogP contribution in [0.4, 0.5) is 0 Å². The van der Waals surface area contributed by atoms with Gasteiger partial charge in [0.1, 0.15) is 0 Å². The molecule has 6 nitrogen and oxygen atoms in total. The summed E-state index contributed by atoms with van der Waals surface area (Å²) in [6, 6.07) is 0.